The van der Waals surface area contributed by atoms with E-state index in [4.69, 9.17) is 11.6 Å². The minimum absolute atomic E-state index is 0.665. The molecule has 0 aliphatic carbocycles. The second-order valence-corrected chi connectivity index (χ2v) is 3.26. The number of benzene rings is 1. The number of hydrogen-bond acceptors (Lipinski definition) is 0. The summed E-state index contributed by atoms with van der Waals surface area (Å²) in [6.45, 7) is 3.60. The molecule has 1 aromatic carbocycles. The van der Waals surface area contributed by atoms with Crippen molar-refractivity contribution >= 4 is 17.7 Å². The van der Waals surface area contributed by atoms with Crippen molar-refractivity contribution in [1.82, 2.24) is 0 Å². The molecule has 0 amide bonds. The van der Waals surface area contributed by atoms with Gasteiger partial charge in [0.25, 0.3) is 0 Å². The predicted octanol–water partition coefficient (Wildman–Crippen LogP) is 4.05. The summed E-state index contributed by atoms with van der Waals surface area (Å²) < 4.78 is 0. The number of halogens is 1. The summed E-state index contributed by atoms with van der Waals surface area (Å²) in [4.78, 5) is 0. The molecule has 0 aromatic heterocycles. The van der Waals surface area contributed by atoms with Crippen molar-refractivity contribution in [3.63, 3.8) is 0 Å². The second kappa shape index (κ2) is 5.60. The Kier molecular flexibility index (Phi) is 4.34. The third-order valence-electron chi connectivity index (χ3n) is 1.56. The quantitative estimate of drug-likeness (QED) is 0.674. The molecular weight excluding hydrogens is 180 g/mol. The van der Waals surface area contributed by atoms with E-state index in [1.54, 1.807) is 0 Å². The fourth-order valence-corrected chi connectivity index (χ4v) is 1.03. The summed E-state index contributed by atoms with van der Waals surface area (Å²) in [6.07, 6.45) is 6.75. The van der Waals surface area contributed by atoms with Gasteiger partial charge in [-0.05, 0) is 18.4 Å². The molecule has 1 rings (SSSR count). The van der Waals surface area contributed by atoms with Crippen LogP contribution < -0.4 is 0 Å². The van der Waals surface area contributed by atoms with Crippen molar-refractivity contribution in [3.8, 4) is 0 Å². The van der Waals surface area contributed by atoms with Gasteiger partial charge in [-0.25, -0.2) is 0 Å². The van der Waals surface area contributed by atoms with Gasteiger partial charge in [-0.1, -0.05) is 60.7 Å². The van der Waals surface area contributed by atoms with Crippen LogP contribution >= 0.6 is 11.6 Å². The minimum atomic E-state index is 0.665. The minimum Gasteiger partial charge on any atom is -0.0898 e. The molecule has 13 heavy (non-hydrogen) atoms. The highest BCUT2D eigenvalue weighted by Gasteiger charge is 1.86. The van der Waals surface area contributed by atoms with Crippen molar-refractivity contribution < 1.29 is 0 Å². The fraction of sp³-hybridized carbons (Fsp3) is 0.0833. The average molecular weight is 192 g/mol. The smallest absolute Gasteiger partial charge is 0.0115 e. The van der Waals surface area contributed by atoms with Gasteiger partial charge in [-0.2, -0.15) is 0 Å². The van der Waals surface area contributed by atoms with Gasteiger partial charge in [0.15, 0.2) is 0 Å². The Morgan fingerprint density at radius 2 is 2.00 bits per heavy atom. The summed E-state index contributed by atoms with van der Waals surface area (Å²) in [6, 6.07) is 10.1. The Morgan fingerprint density at radius 3 is 2.62 bits per heavy atom. The van der Waals surface area contributed by atoms with Crippen molar-refractivity contribution in [2.45, 2.75) is 6.42 Å². The van der Waals surface area contributed by atoms with Crippen molar-refractivity contribution in [2.75, 3.05) is 0 Å². The second-order valence-electron chi connectivity index (χ2n) is 2.73. The molecular formula is C12H12Cl. The summed E-state index contributed by atoms with van der Waals surface area (Å²) in [5.74, 6) is 0. The Balaban J connectivity index is 2.37. The van der Waals surface area contributed by atoms with Gasteiger partial charge in [0, 0.05) is 5.03 Å². The number of rotatable bonds is 4. The summed E-state index contributed by atoms with van der Waals surface area (Å²) >= 11 is 5.60. The molecule has 0 bridgehead atoms. The van der Waals surface area contributed by atoms with E-state index in [1.165, 1.54) is 5.56 Å². The van der Waals surface area contributed by atoms with Gasteiger partial charge in [0.2, 0.25) is 0 Å². The molecule has 0 aliphatic heterocycles. The van der Waals surface area contributed by atoms with Crippen LogP contribution in [0.2, 0.25) is 0 Å². The number of allylic oxidation sites excluding steroid dienone is 2. The SMILES string of the molecule is C=C(Cl)C[CH]C=Cc1ccccc1. The van der Waals surface area contributed by atoms with E-state index < -0.39 is 0 Å². The highest BCUT2D eigenvalue weighted by molar-refractivity contribution is 6.29. The lowest BCUT2D eigenvalue weighted by Gasteiger charge is -1.92. The molecule has 0 spiro atoms. The van der Waals surface area contributed by atoms with E-state index in [0.717, 1.165) is 6.42 Å². The van der Waals surface area contributed by atoms with Gasteiger partial charge in [-0.3, -0.25) is 0 Å². The maximum Gasteiger partial charge on any atom is 0.0115 e. The molecule has 1 heteroatoms. The van der Waals surface area contributed by atoms with Crippen LogP contribution in [-0.4, -0.2) is 0 Å². The molecule has 0 aliphatic rings. The van der Waals surface area contributed by atoms with Gasteiger partial charge in [0.1, 0.15) is 0 Å². The Morgan fingerprint density at radius 1 is 1.31 bits per heavy atom. The maximum absolute atomic E-state index is 5.60. The molecule has 0 fully saturated rings. The fourth-order valence-electron chi connectivity index (χ4n) is 0.939. The zero-order chi connectivity index (χ0) is 9.52. The predicted molar refractivity (Wildman–Crippen MR) is 59.4 cm³/mol. The summed E-state index contributed by atoms with van der Waals surface area (Å²) in [7, 11) is 0. The first-order valence-corrected chi connectivity index (χ1v) is 4.55. The zero-order valence-electron chi connectivity index (χ0n) is 7.41. The van der Waals surface area contributed by atoms with Crippen LogP contribution in [0.1, 0.15) is 12.0 Å². The van der Waals surface area contributed by atoms with Crippen molar-refractivity contribution in [1.29, 1.82) is 0 Å². The van der Waals surface area contributed by atoms with Crippen LogP contribution in [0.4, 0.5) is 0 Å². The molecule has 0 N–H and O–H groups in total. The van der Waals surface area contributed by atoms with Crippen LogP contribution in [0.15, 0.2) is 48.0 Å². The Hall–Kier alpha value is -1.01. The lowest BCUT2D eigenvalue weighted by atomic mass is 10.2. The van der Waals surface area contributed by atoms with Gasteiger partial charge >= 0.3 is 0 Å². The van der Waals surface area contributed by atoms with Crippen LogP contribution in [-0.2, 0) is 0 Å². The highest BCUT2D eigenvalue weighted by atomic mass is 35.5. The monoisotopic (exact) mass is 191 g/mol. The largest absolute Gasteiger partial charge is 0.0898 e. The van der Waals surface area contributed by atoms with E-state index in [1.807, 2.05) is 36.8 Å². The molecule has 1 radical (unpaired) electrons. The lowest BCUT2D eigenvalue weighted by Crippen LogP contribution is -1.72. The first kappa shape index (κ1) is 10.1. The Bertz CT molecular complexity index is 285. The van der Waals surface area contributed by atoms with E-state index in [0.29, 0.717) is 5.03 Å². The van der Waals surface area contributed by atoms with Gasteiger partial charge in [-0.15, -0.1) is 0 Å². The van der Waals surface area contributed by atoms with Crippen LogP contribution in [0.25, 0.3) is 6.08 Å². The topological polar surface area (TPSA) is 0 Å². The average Bonchev–Trinajstić information content (AvgIpc) is 2.14. The molecule has 0 saturated carbocycles. The first-order valence-electron chi connectivity index (χ1n) is 4.17. The zero-order valence-corrected chi connectivity index (χ0v) is 8.17. The van der Waals surface area contributed by atoms with Crippen LogP contribution in [0.3, 0.4) is 0 Å². The van der Waals surface area contributed by atoms with E-state index in [-0.39, 0.29) is 0 Å². The van der Waals surface area contributed by atoms with Crippen LogP contribution in [0.5, 0.6) is 0 Å². The lowest BCUT2D eigenvalue weighted by molar-refractivity contribution is 1.27. The van der Waals surface area contributed by atoms with Crippen LogP contribution in [0, 0.1) is 6.42 Å². The van der Waals surface area contributed by atoms with E-state index >= 15 is 0 Å². The maximum atomic E-state index is 5.60. The summed E-state index contributed by atoms with van der Waals surface area (Å²) in [5.41, 5.74) is 1.19. The molecule has 0 heterocycles. The van der Waals surface area contributed by atoms with E-state index in [9.17, 15) is 0 Å². The molecule has 67 valence electrons. The number of hydrogen-bond donors (Lipinski definition) is 0. The van der Waals surface area contributed by atoms with E-state index in [2.05, 4.69) is 18.7 Å². The highest BCUT2D eigenvalue weighted by Crippen LogP contribution is 2.08. The molecule has 0 nitrogen and oxygen atoms in total. The summed E-state index contributed by atoms with van der Waals surface area (Å²) in [5, 5.41) is 0.665. The molecule has 1 aromatic rings. The normalized spacial score (nSPS) is 10.5. The van der Waals surface area contributed by atoms with Gasteiger partial charge < -0.3 is 0 Å². The third-order valence-corrected chi connectivity index (χ3v) is 1.72. The van der Waals surface area contributed by atoms with Crippen molar-refractivity contribution in [3.05, 3.63) is 60.0 Å². The van der Waals surface area contributed by atoms with Crippen molar-refractivity contribution in [2.24, 2.45) is 0 Å². The molecule has 0 atom stereocenters. The Labute approximate surface area is 84.5 Å². The standard InChI is InChI=1S/C12H12Cl/c1-11(13)7-5-6-10-12-8-3-2-4-9-12/h2-6,8-10H,1,7H2. The third kappa shape index (κ3) is 4.54. The molecule has 0 unspecified atom stereocenters. The first-order chi connectivity index (χ1) is 6.29. The molecule has 0 saturated heterocycles. The van der Waals surface area contributed by atoms with Gasteiger partial charge in [0.05, 0.1) is 0 Å².